The molecule has 2 heterocycles. The lowest BCUT2D eigenvalue weighted by atomic mass is 10.2. The second-order valence-electron chi connectivity index (χ2n) is 4.07. The molecule has 1 fully saturated rings. The molecule has 2 rings (SSSR count). The summed E-state index contributed by atoms with van der Waals surface area (Å²) in [5.74, 6) is 1.01. The van der Waals surface area contributed by atoms with Crippen LogP contribution in [0.2, 0.25) is 0 Å². The van der Waals surface area contributed by atoms with Gasteiger partial charge in [-0.15, -0.1) is 0 Å². The molecule has 5 nitrogen and oxygen atoms in total. The second-order valence-corrected chi connectivity index (χ2v) is 6.29. The third-order valence-corrected chi connectivity index (χ3v) is 4.47. The highest BCUT2D eigenvalue weighted by Gasteiger charge is 2.27. The Morgan fingerprint density at radius 2 is 2.33 bits per heavy atom. The molecule has 0 bridgehead atoms. The molecule has 0 aliphatic carbocycles. The van der Waals surface area contributed by atoms with Crippen LogP contribution in [0.3, 0.4) is 0 Å². The lowest BCUT2D eigenvalue weighted by Gasteiger charge is -2.23. The van der Waals surface area contributed by atoms with Crippen molar-refractivity contribution in [2.45, 2.75) is 25.8 Å². The van der Waals surface area contributed by atoms with E-state index >= 15 is 0 Å². The van der Waals surface area contributed by atoms with Crippen molar-refractivity contribution in [3.8, 4) is 0 Å². The Bertz CT molecular complexity index is 464. The molecule has 1 aliphatic rings. The Hall–Kier alpha value is -1.04. The van der Waals surface area contributed by atoms with Crippen molar-refractivity contribution in [3.63, 3.8) is 0 Å². The Labute approximate surface area is 89.2 Å². The Kier molecular flexibility index (Phi) is 2.46. The smallest absolute Gasteiger partial charge is 0.152 e. The summed E-state index contributed by atoms with van der Waals surface area (Å²) in [5.41, 5.74) is 6.60. The monoisotopic (exact) mass is 229 g/mol. The number of anilines is 1. The van der Waals surface area contributed by atoms with E-state index in [9.17, 15) is 8.42 Å². The lowest BCUT2D eigenvalue weighted by molar-refractivity contribution is 0.438. The fraction of sp³-hybridized carbons (Fsp3) is 0.667. The average Bonchev–Trinajstić information content (AvgIpc) is 2.43. The van der Waals surface area contributed by atoms with E-state index in [1.807, 2.05) is 6.92 Å². The highest BCUT2D eigenvalue weighted by molar-refractivity contribution is 7.91. The summed E-state index contributed by atoms with van der Waals surface area (Å²) >= 11 is 0. The van der Waals surface area contributed by atoms with Crippen LogP contribution in [0, 0.1) is 6.92 Å². The molecule has 1 atom stereocenters. The Balaban J connectivity index is 2.28. The molecule has 0 spiro atoms. The van der Waals surface area contributed by atoms with E-state index in [2.05, 4.69) is 5.10 Å². The van der Waals surface area contributed by atoms with E-state index in [1.54, 1.807) is 10.7 Å². The van der Waals surface area contributed by atoms with E-state index in [0.717, 1.165) is 12.1 Å². The highest BCUT2D eigenvalue weighted by atomic mass is 32.2. The molecule has 0 amide bonds. The first-order valence-electron chi connectivity index (χ1n) is 5.00. The van der Waals surface area contributed by atoms with E-state index in [1.165, 1.54) is 0 Å². The summed E-state index contributed by atoms with van der Waals surface area (Å²) in [6, 6.07) is 1.68. The predicted octanol–water partition coefficient (Wildman–Crippen LogP) is 0.523. The Morgan fingerprint density at radius 3 is 2.87 bits per heavy atom. The van der Waals surface area contributed by atoms with Gasteiger partial charge in [-0.3, -0.25) is 0 Å². The van der Waals surface area contributed by atoms with Gasteiger partial charge in [-0.1, -0.05) is 0 Å². The number of nitrogens with zero attached hydrogens (tertiary/aromatic N) is 2. The summed E-state index contributed by atoms with van der Waals surface area (Å²) < 4.78 is 24.6. The summed E-state index contributed by atoms with van der Waals surface area (Å²) in [6.07, 6.45) is 1.54. The zero-order valence-corrected chi connectivity index (χ0v) is 9.50. The summed E-state index contributed by atoms with van der Waals surface area (Å²) in [7, 11) is -2.90. The minimum absolute atomic E-state index is 0.0857. The quantitative estimate of drug-likeness (QED) is 0.761. The van der Waals surface area contributed by atoms with Crippen LogP contribution < -0.4 is 5.73 Å². The van der Waals surface area contributed by atoms with Gasteiger partial charge in [-0.25, -0.2) is 13.1 Å². The SMILES string of the molecule is Cc1cc(N)n(C2CCCS(=O)(=O)C2)n1. The zero-order chi connectivity index (χ0) is 11.1. The minimum atomic E-state index is -2.90. The molecule has 1 aromatic heterocycles. The van der Waals surface area contributed by atoms with Crippen LogP contribution in [-0.4, -0.2) is 29.7 Å². The standard InChI is InChI=1S/C9H15N3O2S/c1-7-5-9(10)12(11-7)8-3-2-4-15(13,14)6-8/h5,8H,2-4,6,10H2,1H3. The van der Waals surface area contributed by atoms with Gasteiger partial charge < -0.3 is 5.73 Å². The Morgan fingerprint density at radius 1 is 1.60 bits per heavy atom. The van der Waals surface area contributed by atoms with Crippen LogP contribution in [0.15, 0.2) is 6.07 Å². The van der Waals surface area contributed by atoms with Crippen molar-refractivity contribution >= 4 is 15.7 Å². The molecule has 1 unspecified atom stereocenters. The molecule has 84 valence electrons. The number of hydrogen-bond donors (Lipinski definition) is 1. The number of aromatic nitrogens is 2. The highest BCUT2D eigenvalue weighted by Crippen LogP contribution is 2.25. The molecular formula is C9H15N3O2S. The van der Waals surface area contributed by atoms with Gasteiger partial charge in [0.05, 0.1) is 23.2 Å². The van der Waals surface area contributed by atoms with Crippen LogP contribution in [0.25, 0.3) is 0 Å². The molecule has 1 saturated heterocycles. The van der Waals surface area contributed by atoms with Crippen molar-refractivity contribution in [1.82, 2.24) is 9.78 Å². The first-order valence-corrected chi connectivity index (χ1v) is 6.82. The van der Waals surface area contributed by atoms with Crippen molar-refractivity contribution in [2.24, 2.45) is 0 Å². The van der Waals surface area contributed by atoms with Crippen LogP contribution in [-0.2, 0) is 9.84 Å². The fourth-order valence-corrected chi connectivity index (χ4v) is 3.69. The molecule has 6 heteroatoms. The fourth-order valence-electron chi connectivity index (χ4n) is 2.02. The zero-order valence-electron chi connectivity index (χ0n) is 8.68. The van der Waals surface area contributed by atoms with Gasteiger partial charge in [-0.05, 0) is 19.8 Å². The third kappa shape index (κ3) is 2.14. The van der Waals surface area contributed by atoms with E-state index in [4.69, 9.17) is 5.73 Å². The summed E-state index contributed by atoms with van der Waals surface area (Å²) in [5, 5.41) is 4.23. The van der Waals surface area contributed by atoms with Gasteiger partial charge in [-0.2, -0.15) is 5.10 Å². The van der Waals surface area contributed by atoms with Crippen molar-refractivity contribution < 1.29 is 8.42 Å². The van der Waals surface area contributed by atoms with E-state index < -0.39 is 9.84 Å². The van der Waals surface area contributed by atoms with Crippen LogP contribution in [0.4, 0.5) is 5.82 Å². The normalized spacial score (nSPS) is 25.3. The molecular weight excluding hydrogens is 214 g/mol. The van der Waals surface area contributed by atoms with Gasteiger partial charge >= 0.3 is 0 Å². The molecule has 1 aliphatic heterocycles. The van der Waals surface area contributed by atoms with Crippen LogP contribution in [0.5, 0.6) is 0 Å². The van der Waals surface area contributed by atoms with E-state index in [0.29, 0.717) is 18.0 Å². The first-order chi connectivity index (χ1) is 6.98. The van der Waals surface area contributed by atoms with Crippen molar-refractivity contribution in [1.29, 1.82) is 0 Å². The lowest BCUT2D eigenvalue weighted by Crippen LogP contribution is -2.28. The maximum atomic E-state index is 11.5. The topological polar surface area (TPSA) is 78.0 Å². The number of sulfone groups is 1. The predicted molar refractivity (Wildman–Crippen MR) is 58.3 cm³/mol. The van der Waals surface area contributed by atoms with Crippen molar-refractivity contribution in [3.05, 3.63) is 11.8 Å². The van der Waals surface area contributed by atoms with E-state index in [-0.39, 0.29) is 11.8 Å². The van der Waals surface area contributed by atoms with Gasteiger partial charge in [0.15, 0.2) is 9.84 Å². The maximum absolute atomic E-state index is 11.5. The molecule has 1 aromatic rings. The summed E-state index contributed by atoms with van der Waals surface area (Å²) in [4.78, 5) is 0. The molecule has 15 heavy (non-hydrogen) atoms. The molecule has 0 radical (unpaired) electrons. The number of aryl methyl sites for hydroxylation is 1. The third-order valence-electron chi connectivity index (χ3n) is 2.67. The van der Waals surface area contributed by atoms with Gasteiger partial charge in [0.2, 0.25) is 0 Å². The van der Waals surface area contributed by atoms with Gasteiger partial charge in [0.1, 0.15) is 5.82 Å². The largest absolute Gasteiger partial charge is 0.384 e. The maximum Gasteiger partial charge on any atom is 0.152 e. The number of nitrogens with two attached hydrogens (primary N) is 1. The summed E-state index contributed by atoms with van der Waals surface area (Å²) in [6.45, 7) is 1.85. The van der Waals surface area contributed by atoms with Crippen molar-refractivity contribution in [2.75, 3.05) is 17.2 Å². The average molecular weight is 229 g/mol. The van der Waals surface area contributed by atoms with Gasteiger partial charge in [0.25, 0.3) is 0 Å². The number of hydrogen-bond acceptors (Lipinski definition) is 4. The van der Waals surface area contributed by atoms with Crippen LogP contribution in [0.1, 0.15) is 24.6 Å². The first kappa shape index (κ1) is 10.5. The molecule has 2 N–H and O–H groups in total. The number of nitrogen functional groups attached to an aromatic ring is 1. The minimum Gasteiger partial charge on any atom is -0.384 e. The number of rotatable bonds is 1. The second kappa shape index (κ2) is 3.52. The molecule has 0 aromatic carbocycles. The molecule has 0 saturated carbocycles. The van der Waals surface area contributed by atoms with Crippen LogP contribution >= 0.6 is 0 Å². The van der Waals surface area contributed by atoms with Gasteiger partial charge in [0, 0.05) is 6.07 Å².